The summed E-state index contributed by atoms with van der Waals surface area (Å²) in [6, 6.07) is 4.31. The quantitative estimate of drug-likeness (QED) is 0.579. The Balaban J connectivity index is 1.82. The number of nitrogen functional groups attached to an aromatic ring is 1. The van der Waals surface area contributed by atoms with Crippen molar-refractivity contribution >= 4 is 28.1 Å². The van der Waals surface area contributed by atoms with E-state index in [-0.39, 0.29) is 17.2 Å². The summed E-state index contributed by atoms with van der Waals surface area (Å²) in [7, 11) is 0. The molecule has 5 nitrogen and oxygen atoms in total. The lowest BCUT2D eigenvalue weighted by atomic mass is 10.1. The van der Waals surface area contributed by atoms with Gasteiger partial charge in [0.15, 0.2) is 5.13 Å². The van der Waals surface area contributed by atoms with Gasteiger partial charge in [-0.25, -0.2) is 4.98 Å². The van der Waals surface area contributed by atoms with Crippen LogP contribution in [-0.4, -0.2) is 16.0 Å². The van der Waals surface area contributed by atoms with Gasteiger partial charge >= 0.3 is 0 Å². The van der Waals surface area contributed by atoms with Crippen molar-refractivity contribution in [3.8, 4) is 5.75 Å². The number of benzene rings is 1. The van der Waals surface area contributed by atoms with E-state index in [0.717, 1.165) is 25.0 Å². The average Bonchev–Trinajstić information content (AvgIpc) is 2.92. The van der Waals surface area contributed by atoms with Gasteiger partial charge in [0.1, 0.15) is 5.75 Å². The summed E-state index contributed by atoms with van der Waals surface area (Å²) < 4.78 is 0. The predicted octanol–water partition coefficient (Wildman–Crippen LogP) is 2.17. The van der Waals surface area contributed by atoms with Crippen molar-refractivity contribution in [1.29, 1.82) is 0 Å². The zero-order valence-corrected chi connectivity index (χ0v) is 11.0. The van der Waals surface area contributed by atoms with E-state index in [1.54, 1.807) is 0 Å². The first kappa shape index (κ1) is 12.0. The topological polar surface area (TPSA) is 88.2 Å². The van der Waals surface area contributed by atoms with Crippen LogP contribution in [0.4, 0.5) is 10.8 Å². The van der Waals surface area contributed by atoms with Crippen molar-refractivity contribution in [2.75, 3.05) is 11.1 Å². The first-order valence-electron chi connectivity index (χ1n) is 6.02. The number of hydrogen-bond donors (Lipinski definition) is 3. The van der Waals surface area contributed by atoms with Crippen LogP contribution in [0.3, 0.4) is 0 Å². The van der Waals surface area contributed by atoms with Gasteiger partial charge in [-0.05, 0) is 37.5 Å². The minimum Gasteiger partial charge on any atom is -0.508 e. The number of anilines is 2. The van der Waals surface area contributed by atoms with Crippen LogP contribution in [0.5, 0.6) is 5.75 Å². The zero-order valence-electron chi connectivity index (χ0n) is 10.1. The summed E-state index contributed by atoms with van der Waals surface area (Å²) in [5, 5.41) is 12.7. The number of aromatic nitrogens is 1. The summed E-state index contributed by atoms with van der Waals surface area (Å²) >= 11 is 1.51. The van der Waals surface area contributed by atoms with Gasteiger partial charge in [0, 0.05) is 10.6 Å². The van der Waals surface area contributed by atoms with E-state index in [1.807, 2.05) is 0 Å². The Morgan fingerprint density at radius 1 is 1.42 bits per heavy atom. The number of nitrogens with two attached hydrogens (primary N) is 1. The lowest BCUT2D eigenvalue weighted by Crippen LogP contribution is -2.13. The van der Waals surface area contributed by atoms with Crippen LogP contribution in [-0.2, 0) is 12.8 Å². The molecule has 0 saturated heterocycles. The van der Waals surface area contributed by atoms with Gasteiger partial charge < -0.3 is 10.8 Å². The highest BCUT2D eigenvalue weighted by molar-refractivity contribution is 7.16. The summed E-state index contributed by atoms with van der Waals surface area (Å²) in [6.07, 6.45) is 3.16. The maximum Gasteiger partial charge on any atom is 0.259 e. The molecule has 0 aliphatic heterocycles. The lowest BCUT2D eigenvalue weighted by Gasteiger charge is -2.05. The largest absolute Gasteiger partial charge is 0.508 e. The summed E-state index contributed by atoms with van der Waals surface area (Å²) in [5.74, 6) is -0.332. The maximum atomic E-state index is 12.1. The highest BCUT2D eigenvalue weighted by Gasteiger charge is 2.19. The molecule has 6 heteroatoms. The first-order chi connectivity index (χ1) is 9.13. The second-order valence-electron chi connectivity index (χ2n) is 4.47. The smallest absolute Gasteiger partial charge is 0.259 e. The van der Waals surface area contributed by atoms with Crippen molar-refractivity contribution in [2.24, 2.45) is 0 Å². The number of rotatable bonds is 2. The molecule has 1 amide bonds. The number of carbonyl (C=O) groups is 1. The minimum absolute atomic E-state index is 0.0148. The summed E-state index contributed by atoms with van der Waals surface area (Å²) in [6.45, 7) is 0. The molecule has 1 heterocycles. The number of phenols is 1. The number of nitrogens with zero attached hydrogens (tertiary/aromatic N) is 1. The zero-order chi connectivity index (χ0) is 13.4. The first-order valence-corrected chi connectivity index (χ1v) is 6.83. The van der Waals surface area contributed by atoms with E-state index in [9.17, 15) is 9.90 Å². The van der Waals surface area contributed by atoms with E-state index < -0.39 is 0 Å². The van der Waals surface area contributed by atoms with Crippen LogP contribution < -0.4 is 11.1 Å². The van der Waals surface area contributed by atoms with Crippen LogP contribution in [0.1, 0.15) is 27.3 Å². The Morgan fingerprint density at radius 3 is 3.05 bits per heavy atom. The van der Waals surface area contributed by atoms with Crippen molar-refractivity contribution in [3.05, 3.63) is 34.3 Å². The SMILES string of the molecule is Nc1ccc(O)cc1C(=O)Nc1nc2c(s1)CCC2. The Bertz CT molecular complexity index is 630. The molecule has 2 aromatic rings. The molecule has 0 fully saturated rings. The number of amides is 1. The predicted molar refractivity (Wildman–Crippen MR) is 74.6 cm³/mol. The van der Waals surface area contributed by atoms with Crippen molar-refractivity contribution in [2.45, 2.75) is 19.3 Å². The van der Waals surface area contributed by atoms with E-state index in [2.05, 4.69) is 10.3 Å². The van der Waals surface area contributed by atoms with Crippen LogP contribution in [0.25, 0.3) is 0 Å². The molecule has 19 heavy (non-hydrogen) atoms. The van der Waals surface area contributed by atoms with E-state index in [1.165, 1.54) is 34.4 Å². The molecule has 3 rings (SSSR count). The number of fused-ring (bicyclic) bond motifs is 1. The number of carbonyl (C=O) groups excluding carboxylic acids is 1. The van der Waals surface area contributed by atoms with Gasteiger partial charge in [-0.1, -0.05) is 0 Å². The van der Waals surface area contributed by atoms with Gasteiger partial charge in [0.25, 0.3) is 5.91 Å². The minimum atomic E-state index is -0.346. The third-order valence-electron chi connectivity index (χ3n) is 3.10. The number of thiazole rings is 1. The normalized spacial score (nSPS) is 13.3. The van der Waals surface area contributed by atoms with E-state index >= 15 is 0 Å². The monoisotopic (exact) mass is 275 g/mol. The second kappa shape index (κ2) is 4.55. The molecule has 98 valence electrons. The molecular formula is C13H13N3O2S. The van der Waals surface area contributed by atoms with Crippen LogP contribution in [0, 0.1) is 0 Å². The molecule has 1 aromatic carbocycles. The Hall–Kier alpha value is -2.08. The van der Waals surface area contributed by atoms with Gasteiger partial charge in [-0.15, -0.1) is 11.3 Å². The number of hydrogen-bond acceptors (Lipinski definition) is 5. The highest BCUT2D eigenvalue weighted by Crippen LogP contribution is 2.31. The van der Waals surface area contributed by atoms with Gasteiger partial charge in [0.05, 0.1) is 11.3 Å². The number of phenolic OH excluding ortho intramolecular Hbond substituents is 1. The molecule has 0 atom stereocenters. The molecule has 0 spiro atoms. The number of nitrogens with one attached hydrogen (secondary N) is 1. The van der Waals surface area contributed by atoms with Crippen LogP contribution >= 0.6 is 11.3 Å². The lowest BCUT2D eigenvalue weighted by molar-refractivity contribution is 0.102. The molecule has 1 aromatic heterocycles. The standard InChI is InChI=1S/C13H13N3O2S/c14-9-5-4-7(17)6-8(9)12(18)16-13-15-10-2-1-3-11(10)19-13/h4-6,17H,1-3,14H2,(H,15,16,18). The highest BCUT2D eigenvalue weighted by atomic mass is 32.1. The van der Waals surface area contributed by atoms with Crippen molar-refractivity contribution in [3.63, 3.8) is 0 Å². The maximum absolute atomic E-state index is 12.1. The van der Waals surface area contributed by atoms with Crippen molar-refractivity contribution in [1.82, 2.24) is 4.98 Å². The molecule has 4 N–H and O–H groups in total. The van der Waals surface area contributed by atoms with Crippen LogP contribution in [0.15, 0.2) is 18.2 Å². The van der Waals surface area contributed by atoms with Gasteiger partial charge in [-0.2, -0.15) is 0 Å². The number of aromatic hydroxyl groups is 1. The summed E-state index contributed by atoms with van der Waals surface area (Å²) in [4.78, 5) is 17.7. The fourth-order valence-electron chi connectivity index (χ4n) is 2.15. The van der Waals surface area contributed by atoms with E-state index in [4.69, 9.17) is 5.73 Å². The Labute approximate surface area is 114 Å². The van der Waals surface area contributed by atoms with Crippen molar-refractivity contribution < 1.29 is 9.90 Å². The van der Waals surface area contributed by atoms with Gasteiger partial charge in [-0.3, -0.25) is 10.1 Å². The summed E-state index contributed by atoms with van der Waals surface area (Å²) in [5.41, 5.74) is 7.41. The molecule has 1 aliphatic rings. The molecule has 0 bridgehead atoms. The molecule has 0 radical (unpaired) electrons. The fraction of sp³-hybridized carbons (Fsp3) is 0.231. The molecule has 0 unspecified atom stereocenters. The van der Waals surface area contributed by atoms with Crippen LogP contribution in [0.2, 0.25) is 0 Å². The molecular weight excluding hydrogens is 262 g/mol. The van der Waals surface area contributed by atoms with E-state index in [0.29, 0.717) is 10.8 Å². The molecule has 1 aliphatic carbocycles. The van der Waals surface area contributed by atoms with Gasteiger partial charge in [0.2, 0.25) is 0 Å². The average molecular weight is 275 g/mol. The Morgan fingerprint density at radius 2 is 2.26 bits per heavy atom. The third kappa shape index (κ3) is 2.26. The molecule has 0 saturated carbocycles. The Kier molecular flexibility index (Phi) is 2.87. The fourth-order valence-corrected chi connectivity index (χ4v) is 3.19. The number of aryl methyl sites for hydroxylation is 2. The third-order valence-corrected chi connectivity index (χ3v) is 4.17. The second-order valence-corrected chi connectivity index (χ2v) is 5.55.